The minimum Gasteiger partial charge on any atom is -0.0654 e. The molecule has 0 aliphatic heterocycles. The van der Waals surface area contributed by atoms with Gasteiger partial charge in [-0.15, -0.1) is 0 Å². The van der Waals surface area contributed by atoms with E-state index in [1.54, 1.807) is 22.3 Å². The topological polar surface area (TPSA) is 0 Å². The Kier molecular flexibility index (Phi) is 11.1. The highest BCUT2D eigenvalue weighted by molar-refractivity contribution is 5.40. The highest BCUT2D eigenvalue weighted by Crippen LogP contribution is 2.24. The van der Waals surface area contributed by atoms with Gasteiger partial charge in [0.2, 0.25) is 0 Å². The van der Waals surface area contributed by atoms with E-state index >= 15 is 0 Å². The summed E-state index contributed by atoms with van der Waals surface area (Å²) in [5, 5.41) is 0. The van der Waals surface area contributed by atoms with Crippen molar-refractivity contribution in [3.05, 3.63) is 69.8 Å². The quantitative estimate of drug-likeness (QED) is 0.302. The Balaban J connectivity index is 2.27. The molecule has 2 aromatic carbocycles. The van der Waals surface area contributed by atoms with Crippen LogP contribution in [-0.2, 0) is 32.1 Å². The van der Waals surface area contributed by atoms with E-state index in [0.717, 1.165) is 6.42 Å². The summed E-state index contributed by atoms with van der Waals surface area (Å²) in [7, 11) is 0. The van der Waals surface area contributed by atoms with Crippen molar-refractivity contribution in [2.45, 2.75) is 111 Å². The van der Waals surface area contributed by atoms with Crippen LogP contribution in [0.25, 0.3) is 0 Å². The van der Waals surface area contributed by atoms with E-state index in [9.17, 15) is 0 Å². The van der Waals surface area contributed by atoms with Gasteiger partial charge in [0, 0.05) is 0 Å². The molecule has 0 N–H and O–H groups in total. The number of hydrogen-bond donors (Lipinski definition) is 0. The third-order valence-corrected chi connectivity index (χ3v) is 6.16. The standard InChI is InChI=1S/C29H44/c1-5-9-13-24-17-19-28(26(21-24)15-11-7-3)23-29-20-18-25(14-10-6-2)22-27(29)16-12-8-4/h17-22H,5-16,23H2,1-4H3. The summed E-state index contributed by atoms with van der Waals surface area (Å²) in [6.45, 7) is 9.18. The van der Waals surface area contributed by atoms with Gasteiger partial charge in [0.15, 0.2) is 0 Å². The maximum Gasteiger partial charge on any atom is -0.00203 e. The molecule has 0 saturated heterocycles. The van der Waals surface area contributed by atoms with Crippen LogP contribution in [0.5, 0.6) is 0 Å². The molecule has 0 heterocycles. The lowest BCUT2D eigenvalue weighted by molar-refractivity contribution is 0.769. The Morgan fingerprint density at radius 1 is 0.448 bits per heavy atom. The van der Waals surface area contributed by atoms with Gasteiger partial charge in [0.1, 0.15) is 0 Å². The monoisotopic (exact) mass is 392 g/mol. The van der Waals surface area contributed by atoms with Crippen LogP contribution >= 0.6 is 0 Å². The Morgan fingerprint density at radius 2 is 0.828 bits per heavy atom. The molecule has 2 aromatic rings. The molecule has 0 aliphatic rings. The summed E-state index contributed by atoms with van der Waals surface area (Å²) < 4.78 is 0. The largest absolute Gasteiger partial charge is 0.0654 e. The van der Waals surface area contributed by atoms with E-state index in [1.807, 2.05) is 0 Å². The molecule has 0 atom stereocenters. The highest BCUT2D eigenvalue weighted by atomic mass is 14.1. The van der Waals surface area contributed by atoms with Crippen molar-refractivity contribution in [3.63, 3.8) is 0 Å². The molecular weight excluding hydrogens is 348 g/mol. The number of hydrogen-bond acceptors (Lipinski definition) is 0. The van der Waals surface area contributed by atoms with Gasteiger partial charge >= 0.3 is 0 Å². The van der Waals surface area contributed by atoms with Crippen molar-refractivity contribution < 1.29 is 0 Å². The van der Waals surface area contributed by atoms with Crippen LogP contribution in [-0.4, -0.2) is 0 Å². The number of aryl methyl sites for hydroxylation is 4. The SMILES string of the molecule is CCCCc1ccc(Cc2ccc(CCCC)cc2CCCC)c(CCCC)c1. The van der Waals surface area contributed by atoms with Gasteiger partial charge in [-0.3, -0.25) is 0 Å². The van der Waals surface area contributed by atoms with Crippen molar-refractivity contribution in [1.82, 2.24) is 0 Å². The van der Waals surface area contributed by atoms with Gasteiger partial charge in [-0.1, -0.05) is 89.8 Å². The Bertz CT molecular complexity index is 648. The summed E-state index contributed by atoms with van der Waals surface area (Å²) in [6, 6.07) is 14.7. The second-order valence-electron chi connectivity index (χ2n) is 8.80. The minimum absolute atomic E-state index is 1.10. The summed E-state index contributed by atoms with van der Waals surface area (Å²) >= 11 is 0. The fourth-order valence-corrected chi connectivity index (χ4v) is 4.18. The van der Waals surface area contributed by atoms with Crippen LogP contribution in [0, 0.1) is 0 Å². The van der Waals surface area contributed by atoms with E-state index < -0.39 is 0 Å². The van der Waals surface area contributed by atoms with E-state index in [2.05, 4.69) is 64.1 Å². The average Bonchev–Trinajstić information content (AvgIpc) is 2.75. The molecule has 0 unspecified atom stereocenters. The number of rotatable bonds is 14. The molecule has 2 rings (SSSR count). The predicted molar refractivity (Wildman–Crippen MR) is 130 cm³/mol. The highest BCUT2D eigenvalue weighted by Gasteiger charge is 2.10. The molecule has 0 heteroatoms. The fraction of sp³-hybridized carbons (Fsp3) is 0.586. The molecule has 0 aliphatic carbocycles. The van der Waals surface area contributed by atoms with Gasteiger partial charge in [0.05, 0.1) is 0 Å². The lowest BCUT2D eigenvalue weighted by Crippen LogP contribution is -2.02. The van der Waals surface area contributed by atoms with Crippen molar-refractivity contribution in [1.29, 1.82) is 0 Å². The smallest absolute Gasteiger partial charge is 0.00203 e. The van der Waals surface area contributed by atoms with E-state index in [4.69, 9.17) is 0 Å². The van der Waals surface area contributed by atoms with Crippen molar-refractivity contribution in [2.75, 3.05) is 0 Å². The average molecular weight is 393 g/mol. The number of benzene rings is 2. The second-order valence-corrected chi connectivity index (χ2v) is 8.80. The first-order chi connectivity index (χ1) is 14.2. The van der Waals surface area contributed by atoms with E-state index in [-0.39, 0.29) is 0 Å². The van der Waals surface area contributed by atoms with Crippen molar-refractivity contribution in [3.8, 4) is 0 Å². The van der Waals surface area contributed by atoms with Gasteiger partial charge in [-0.05, 0) is 91.2 Å². The van der Waals surface area contributed by atoms with Crippen LogP contribution in [0.1, 0.15) is 112 Å². The molecule has 0 nitrogen and oxygen atoms in total. The Labute approximate surface area is 181 Å². The van der Waals surface area contributed by atoms with Crippen LogP contribution in [0.2, 0.25) is 0 Å². The minimum atomic E-state index is 1.10. The molecule has 0 aromatic heterocycles. The lowest BCUT2D eigenvalue weighted by Gasteiger charge is -2.16. The summed E-state index contributed by atoms with van der Waals surface area (Å²) in [5.41, 5.74) is 9.36. The first-order valence-corrected chi connectivity index (χ1v) is 12.4. The molecule has 0 radical (unpaired) electrons. The molecule has 0 fully saturated rings. The third kappa shape index (κ3) is 8.00. The maximum atomic E-state index is 2.52. The van der Waals surface area contributed by atoms with E-state index in [0.29, 0.717) is 0 Å². The van der Waals surface area contributed by atoms with Gasteiger partial charge < -0.3 is 0 Å². The van der Waals surface area contributed by atoms with Gasteiger partial charge in [-0.2, -0.15) is 0 Å². The normalized spacial score (nSPS) is 11.2. The molecule has 0 spiro atoms. The van der Waals surface area contributed by atoms with Crippen molar-refractivity contribution in [2.24, 2.45) is 0 Å². The van der Waals surface area contributed by atoms with Crippen LogP contribution in [0.3, 0.4) is 0 Å². The lowest BCUT2D eigenvalue weighted by atomic mass is 9.89. The van der Waals surface area contributed by atoms with Crippen LogP contribution in [0.15, 0.2) is 36.4 Å². The van der Waals surface area contributed by atoms with Crippen molar-refractivity contribution >= 4 is 0 Å². The Hall–Kier alpha value is -1.56. The summed E-state index contributed by atoms with van der Waals surface area (Å²) in [6.07, 6.45) is 16.3. The summed E-state index contributed by atoms with van der Waals surface area (Å²) in [5.74, 6) is 0. The fourth-order valence-electron chi connectivity index (χ4n) is 4.18. The second kappa shape index (κ2) is 13.6. The van der Waals surface area contributed by atoms with E-state index in [1.165, 1.54) is 88.2 Å². The first kappa shape index (κ1) is 23.7. The van der Waals surface area contributed by atoms with Gasteiger partial charge in [0.25, 0.3) is 0 Å². The third-order valence-electron chi connectivity index (χ3n) is 6.16. The molecular formula is C29H44. The predicted octanol–water partition coefficient (Wildman–Crippen LogP) is 8.65. The first-order valence-electron chi connectivity index (χ1n) is 12.4. The molecule has 0 amide bonds. The molecule has 0 bridgehead atoms. The van der Waals surface area contributed by atoms with Gasteiger partial charge in [-0.25, -0.2) is 0 Å². The number of unbranched alkanes of at least 4 members (excludes halogenated alkanes) is 4. The van der Waals surface area contributed by atoms with Crippen LogP contribution < -0.4 is 0 Å². The molecule has 160 valence electrons. The molecule has 0 saturated carbocycles. The molecule has 29 heavy (non-hydrogen) atoms. The zero-order valence-corrected chi connectivity index (χ0v) is 19.7. The summed E-state index contributed by atoms with van der Waals surface area (Å²) in [4.78, 5) is 0. The zero-order valence-electron chi connectivity index (χ0n) is 19.7. The maximum absolute atomic E-state index is 2.52. The van der Waals surface area contributed by atoms with Crippen LogP contribution in [0.4, 0.5) is 0 Å². The zero-order chi connectivity index (χ0) is 20.9. The Morgan fingerprint density at radius 3 is 1.21 bits per heavy atom.